The standard InChI is InChI=1S/C24H29F2N5O2/c25-19-3-2-17(14-20(19)26)24(8-1-9-24)15-29-22(32)21(27)16-6-12-31(13-7-16)23(33)30-18-4-10-28-11-5-18/h2-5,10-11,14,16,21H,1,6-9,12-13,15,27H2,(H,29,32)(H,28,30,33). The van der Waals surface area contributed by atoms with Crippen LogP contribution in [-0.4, -0.2) is 47.5 Å². The van der Waals surface area contributed by atoms with E-state index in [0.29, 0.717) is 43.7 Å². The summed E-state index contributed by atoms with van der Waals surface area (Å²) in [6.07, 6.45) is 7.07. The largest absolute Gasteiger partial charge is 0.354 e. The number of halogens is 2. The molecule has 7 nitrogen and oxygen atoms in total. The fraction of sp³-hybridized carbons (Fsp3) is 0.458. The lowest BCUT2D eigenvalue weighted by Crippen LogP contribution is -2.53. The van der Waals surface area contributed by atoms with E-state index in [1.165, 1.54) is 6.07 Å². The summed E-state index contributed by atoms with van der Waals surface area (Å²) in [6.45, 7) is 1.38. The van der Waals surface area contributed by atoms with Crippen LogP contribution in [0.15, 0.2) is 42.7 Å². The van der Waals surface area contributed by atoms with E-state index in [2.05, 4.69) is 15.6 Å². The van der Waals surface area contributed by atoms with E-state index in [0.717, 1.165) is 25.3 Å². The third-order valence-corrected chi connectivity index (χ3v) is 7.01. The number of benzene rings is 1. The molecule has 1 unspecified atom stereocenters. The molecule has 4 rings (SSSR count). The van der Waals surface area contributed by atoms with Crippen LogP contribution < -0.4 is 16.4 Å². The van der Waals surface area contributed by atoms with Gasteiger partial charge in [0.25, 0.3) is 0 Å². The van der Waals surface area contributed by atoms with Gasteiger partial charge in [-0.1, -0.05) is 12.5 Å². The lowest BCUT2D eigenvalue weighted by atomic mass is 9.64. The highest BCUT2D eigenvalue weighted by Gasteiger charge is 2.40. The van der Waals surface area contributed by atoms with Gasteiger partial charge in [-0.25, -0.2) is 13.6 Å². The number of carbonyl (C=O) groups is 2. The Kier molecular flexibility index (Phi) is 6.88. The monoisotopic (exact) mass is 457 g/mol. The number of anilines is 1. The molecule has 2 aliphatic rings. The summed E-state index contributed by atoms with van der Waals surface area (Å²) in [5, 5.41) is 5.78. The van der Waals surface area contributed by atoms with Crippen molar-refractivity contribution >= 4 is 17.6 Å². The van der Waals surface area contributed by atoms with E-state index in [1.807, 2.05) is 0 Å². The van der Waals surface area contributed by atoms with Crippen molar-refractivity contribution in [2.45, 2.75) is 43.6 Å². The Balaban J connectivity index is 1.27. The predicted molar refractivity (Wildman–Crippen MR) is 120 cm³/mol. The molecule has 1 aliphatic carbocycles. The topological polar surface area (TPSA) is 100 Å². The van der Waals surface area contributed by atoms with E-state index >= 15 is 0 Å². The third kappa shape index (κ3) is 5.13. The molecule has 1 aliphatic heterocycles. The van der Waals surface area contributed by atoms with Gasteiger partial charge in [0.05, 0.1) is 6.04 Å². The summed E-state index contributed by atoms with van der Waals surface area (Å²) in [6, 6.07) is 6.54. The quantitative estimate of drug-likeness (QED) is 0.620. The minimum absolute atomic E-state index is 0.0319. The van der Waals surface area contributed by atoms with E-state index in [9.17, 15) is 18.4 Å². The summed E-state index contributed by atoms with van der Waals surface area (Å²) in [4.78, 5) is 30.9. The van der Waals surface area contributed by atoms with Crippen LogP contribution in [0.2, 0.25) is 0 Å². The van der Waals surface area contributed by atoms with E-state index in [4.69, 9.17) is 5.73 Å². The molecule has 2 aromatic rings. The number of hydrogen-bond acceptors (Lipinski definition) is 4. The number of amides is 3. The van der Waals surface area contributed by atoms with Gasteiger partial charge in [0.2, 0.25) is 5.91 Å². The number of likely N-dealkylation sites (tertiary alicyclic amines) is 1. The lowest BCUT2D eigenvalue weighted by Gasteiger charge is -2.43. The zero-order chi connectivity index (χ0) is 23.4. The fourth-order valence-corrected chi connectivity index (χ4v) is 4.68. The third-order valence-electron chi connectivity index (χ3n) is 7.01. The average Bonchev–Trinajstić information content (AvgIpc) is 2.80. The number of nitrogens with zero attached hydrogens (tertiary/aromatic N) is 2. The second kappa shape index (κ2) is 9.82. The van der Waals surface area contributed by atoms with Gasteiger partial charge in [-0.2, -0.15) is 0 Å². The van der Waals surface area contributed by atoms with Crippen molar-refractivity contribution in [2.24, 2.45) is 11.7 Å². The van der Waals surface area contributed by atoms with Crippen molar-refractivity contribution < 1.29 is 18.4 Å². The van der Waals surface area contributed by atoms with Gasteiger partial charge in [-0.05, 0) is 61.4 Å². The van der Waals surface area contributed by atoms with Crippen molar-refractivity contribution in [2.75, 3.05) is 25.0 Å². The molecule has 33 heavy (non-hydrogen) atoms. The van der Waals surface area contributed by atoms with Gasteiger partial charge >= 0.3 is 6.03 Å². The first-order valence-electron chi connectivity index (χ1n) is 11.3. The Morgan fingerprint density at radius 3 is 2.42 bits per heavy atom. The molecule has 1 saturated heterocycles. The van der Waals surface area contributed by atoms with Crippen molar-refractivity contribution in [3.8, 4) is 0 Å². The molecule has 0 radical (unpaired) electrons. The van der Waals surface area contributed by atoms with Crippen molar-refractivity contribution in [3.05, 3.63) is 59.9 Å². The number of carbonyl (C=O) groups excluding carboxylic acids is 2. The lowest BCUT2D eigenvalue weighted by molar-refractivity contribution is -0.124. The SMILES string of the molecule is NC(C(=O)NCC1(c2ccc(F)c(F)c2)CCC1)C1CCN(C(=O)Nc2ccncc2)CC1. The number of pyridine rings is 1. The number of aromatic nitrogens is 1. The van der Waals surface area contributed by atoms with Gasteiger partial charge in [0.15, 0.2) is 11.6 Å². The molecular weight excluding hydrogens is 428 g/mol. The molecule has 0 bridgehead atoms. The second-order valence-corrected chi connectivity index (χ2v) is 9.00. The van der Waals surface area contributed by atoms with Gasteiger partial charge < -0.3 is 21.3 Å². The van der Waals surface area contributed by atoms with Crippen molar-refractivity contribution in [1.29, 1.82) is 0 Å². The molecule has 9 heteroatoms. The maximum absolute atomic E-state index is 13.7. The molecule has 1 saturated carbocycles. The van der Waals surface area contributed by atoms with Crippen LogP contribution in [0.5, 0.6) is 0 Å². The Hall–Kier alpha value is -3.07. The first-order valence-corrected chi connectivity index (χ1v) is 11.3. The Bertz CT molecular complexity index is 992. The minimum Gasteiger partial charge on any atom is -0.354 e. The predicted octanol–water partition coefficient (Wildman–Crippen LogP) is 3.17. The summed E-state index contributed by atoms with van der Waals surface area (Å²) in [5.74, 6) is -2.03. The summed E-state index contributed by atoms with van der Waals surface area (Å²) < 4.78 is 27.1. The van der Waals surface area contributed by atoms with Crippen molar-refractivity contribution in [3.63, 3.8) is 0 Å². The number of nitrogens with one attached hydrogen (secondary N) is 2. The Morgan fingerprint density at radius 2 is 1.82 bits per heavy atom. The first kappa shape index (κ1) is 23.1. The molecule has 4 N–H and O–H groups in total. The molecule has 2 heterocycles. The number of rotatable bonds is 6. The van der Waals surface area contributed by atoms with E-state index in [-0.39, 0.29) is 23.3 Å². The van der Waals surface area contributed by atoms with E-state index < -0.39 is 17.7 Å². The number of urea groups is 1. The van der Waals surface area contributed by atoms with Crippen LogP contribution in [0.3, 0.4) is 0 Å². The molecule has 2 fully saturated rings. The first-order chi connectivity index (χ1) is 15.9. The van der Waals surface area contributed by atoms with Crippen LogP contribution in [0.4, 0.5) is 19.3 Å². The van der Waals surface area contributed by atoms with E-state index in [1.54, 1.807) is 35.5 Å². The van der Waals surface area contributed by atoms with Crippen LogP contribution in [0, 0.1) is 17.6 Å². The normalized spacial score (nSPS) is 18.8. The van der Waals surface area contributed by atoms with Gasteiger partial charge in [-0.3, -0.25) is 9.78 Å². The van der Waals surface area contributed by atoms with Crippen LogP contribution in [0.25, 0.3) is 0 Å². The molecule has 1 atom stereocenters. The molecule has 1 aromatic heterocycles. The maximum atomic E-state index is 13.7. The van der Waals surface area contributed by atoms with Gasteiger partial charge in [-0.15, -0.1) is 0 Å². The zero-order valence-electron chi connectivity index (χ0n) is 18.4. The summed E-state index contributed by atoms with van der Waals surface area (Å²) in [7, 11) is 0. The molecule has 0 spiro atoms. The second-order valence-electron chi connectivity index (χ2n) is 9.00. The fourth-order valence-electron chi connectivity index (χ4n) is 4.68. The molecule has 1 aromatic carbocycles. The summed E-state index contributed by atoms with van der Waals surface area (Å²) >= 11 is 0. The number of piperidine rings is 1. The number of nitrogens with two attached hydrogens (primary N) is 1. The van der Waals surface area contributed by atoms with Gasteiger partial charge in [0, 0.05) is 43.1 Å². The summed E-state index contributed by atoms with van der Waals surface area (Å²) in [5.41, 5.74) is 7.27. The maximum Gasteiger partial charge on any atom is 0.321 e. The Labute approximate surface area is 191 Å². The average molecular weight is 458 g/mol. The van der Waals surface area contributed by atoms with Crippen molar-refractivity contribution in [1.82, 2.24) is 15.2 Å². The van der Waals surface area contributed by atoms with Crippen LogP contribution >= 0.6 is 0 Å². The van der Waals surface area contributed by atoms with Crippen LogP contribution in [-0.2, 0) is 10.2 Å². The molecule has 176 valence electrons. The highest BCUT2D eigenvalue weighted by atomic mass is 19.2. The minimum atomic E-state index is -0.875. The number of hydrogen-bond donors (Lipinski definition) is 3. The highest BCUT2D eigenvalue weighted by Crippen LogP contribution is 2.43. The zero-order valence-corrected chi connectivity index (χ0v) is 18.4. The van der Waals surface area contributed by atoms with Crippen LogP contribution in [0.1, 0.15) is 37.7 Å². The smallest absolute Gasteiger partial charge is 0.321 e. The Morgan fingerprint density at radius 1 is 1.12 bits per heavy atom. The van der Waals surface area contributed by atoms with Gasteiger partial charge in [0.1, 0.15) is 0 Å². The highest BCUT2D eigenvalue weighted by molar-refractivity contribution is 5.89. The molecular formula is C24H29F2N5O2. The molecule has 3 amide bonds.